The Morgan fingerprint density at radius 2 is 1.90 bits per heavy atom. The maximum absolute atomic E-state index is 13.5. The Hall–Kier alpha value is -1.65. The minimum atomic E-state index is -0.629. The van der Waals surface area contributed by atoms with Crippen molar-refractivity contribution in [1.29, 1.82) is 0 Å². The molecule has 2 aromatic carbocycles. The summed E-state index contributed by atoms with van der Waals surface area (Å²) in [5.74, 6) is -1.01. The second-order valence-electron chi connectivity index (χ2n) is 4.37. The van der Waals surface area contributed by atoms with Crippen molar-refractivity contribution in [2.24, 2.45) is 0 Å². The maximum atomic E-state index is 13.5. The Kier molecular flexibility index (Phi) is 4.57. The second kappa shape index (κ2) is 6.20. The van der Waals surface area contributed by atoms with Crippen molar-refractivity contribution >= 4 is 11.6 Å². The first-order chi connectivity index (χ1) is 9.51. The van der Waals surface area contributed by atoms with Crippen LogP contribution >= 0.6 is 11.6 Å². The second-order valence-corrected chi connectivity index (χ2v) is 4.78. The average Bonchev–Trinajstić information content (AvgIpc) is 2.42. The molecule has 0 heterocycles. The first-order valence-electron chi connectivity index (χ1n) is 6.11. The Bertz CT molecular complexity index is 619. The molecule has 0 spiro atoms. The first-order valence-corrected chi connectivity index (χ1v) is 6.48. The van der Waals surface area contributed by atoms with Gasteiger partial charge in [0.25, 0.3) is 0 Å². The molecule has 2 aromatic rings. The van der Waals surface area contributed by atoms with Crippen LogP contribution in [0.2, 0.25) is 5.02 Å². The van der Waals surface area contributed by atoms with Crippen molar-refractivity contribution in [2.45, 2.75) is 13.0 Å². The number of nitrogens with one attached hydrogen (secondary N) is 1. The van der Waals surface area contributed by atoms with E-state index < -0.39 is 11.6 Å². The number of benzene rings is 2. The molecule has 20 heavy (non-hydrogen) atoms. The summed E-state index contributed by atoms with van der Waals surface area (Å²) in [5.41, 5.74) is 0.904. The van der Waals surface area contributed by atoms with E-state index in [2.05, 4.69) is 5.32 Å². The Labute approximate surface area is 121 Å². The highest BCUT2D eigenvalue weighted by molar-refractivity contribution is 6.31. The SMILES string of the molecule is CNC(C)c1ccc(Oc2cc(F)ccc2F)cc1Cl. The molecule has 0 aliphatic rings. The molecule has 0 saturated carbocycles. The summed E-state index contributed by atoms with van der Waals surface area (Å²) in [5, 5.41) is 3.57. The van der Waals surface area contributed by atoms with E-state index in [-0.39, 0.29) is 11.8 Å². The van der Waals surface area contributed by atoms with Gasteiger partial charge in [0.05, 0.1) is 0 Å². The molecule has 1 atom stereocenters. The van der Waals surface area contributed by atoms with Crippen LogP contribution < -0.4 is 10.1 Å². The zero-order valence-corrected chi connectivity index (χ0v) is 11.8. The van der Waals surface area contributed by atoms with Crippen LogP contribution in [0, 0.1) is 11.6 Å². The molecule has 0 aromatic heterocycles. The molecule has 5 heteroatoms. The van der Waals surface area contributed by atoms with Crippen molar-refractivity contribution in [3.63, 3.8) is 0 Å². The average molecular weight is 298 g/mol. The molecule has 2 rings (SSSR count). The fourth-order valence-corrected chi connectivity index (χ4v) is 2.09. The van der Waals surface area contributed by atoms with E-state index in [1.54, 1.807) is 18.2 Å². The molecule has 1 unspecified atom stereocenters. The minimum Gasteiger partial charge on any atom is -0.454 e. The Balaban J connectivity index is 2.26. The lowest BCUT2D eigenvalue weighted by molar-refractivity contribution is 0.436. The zero-order chi connectivity index (χ0) is 14.7. The molecule has 0 aliphatic carbocycles. The normalized spacial score (nSPS) is 12.2. The molecule has 0 radical (unpaired) electrons. The minimum absolute atomic E-state index is 0.0856. The number of ether oxygens (including phenoxy) is 1. The molecular formula is C15H14ClF2NO. The summed E-state index contributed by atoms with van der Waals surface area (Å²) in [6.45, 7) is 1.97. The van der Waals surface area contributed by atoms with Crippen LogP contribution in [0.25, 0.3) is 0 Å². The van der Waals surface area contributed by atoms with Crippen LogP contribution in [-0.2, 0) is 0 Å². The third-order valence-electron chi connectivity index (χ3n) is 2.99. The lowest BCUT2D eigenvalue weighted by Crippen LogP contribution is -2.12. The van der Waals surface area contributed by atoms with Gasteiger partial charge in [0.1, 0.15) is 11.6 Å². The summed E-state index contributed by atoms with van der Waals surface area (Å²) in [6.07, 6.45) is 0. The van der Waals surface area contributed by atoms with Crippen molar-refractivity contribution in [2.75, 3.05) is 7.05 Å². The summed E-state index contributed by atoms with van der Waals surface area (Å²) in [7, 11) is 1.83. The van der Waals surface area contributed by atoms with Gasteiger partial charge in [-0.1, -0.05) is 17.7 Å². The molecule has 0 saturated heterocycles. The maximum Gasteiger partial charge on any atom is 0.165 e. The number of hydrogen-bond acceptors (Lipinski definition) is 2. The van der Waals surface area contributed by atoms with Gasteiger partial charge in [0.15, 0.2) is 11.6 Å². The highest BCUT2D eigenvalue weighted by atomic mass is 35.5. The molecule has 0 aliphatic heterocycles. The Morgan fingerprint density at radius 1 is 1.15 bits per heavy atom. The zero-order valence-electron chi connectivity index (χ0n) is 11.1. The summed E-state index contributed by atoms with van der Waals surface area (Å²) < 4.78 is 31.9. The molecule has 0 bridgehead atoms. The van der Waals surface area contributed by atoms with E-state index in [4.69, 9.17) is 16.3 Å². The molecule has 106 valence electrons. The van der Waals surface area contributed by atoms with Crippen LogP contribution in [0.4, 0.5) is 8.78 Å². The van der Waals surface area contributed by atoms with Gasteiger partial charge < -0.3 is 10.1 Å². The lowest BCUT2D eigenvalue weighted by Gasteiger charge is -2.14. The quantitative estimate of drug-likeness (QED) is 0.884. The van der Waals surface area contributed by atoms with Gasteiger partial charge >= 0.3 is 0 Å². The predicted octanol–water partition coefficient (Wildman–Crippen LogP) is 4.69. The van der Waals surface area contributed by atoms with Gasteiger partial charge in [0, 0.05) is 17.1 Å². The van der Waals surface area contributed by atoms with E-state index in [1.165, 1.54) is 0 Å². The summed E-state index contributed by atoms with van der Waals surface area (Å²) in [6, 6.07) is 8.16. The van der Waals surface area contributed by atoms with E-state index in [0.29, 0.717) is 10.8 Å². The van der Waals surface area contributed by atoms with Crippen LogP contribution in [0.15, 0.2) is 36.4 Å². The molecule has 0 fully saturated rings. The van der Waals surface area contributed by atoms with Crippen LogP contribution in [0.3, 0.4) is 0 Å². The summed E-state index contributed by atoms with van der Waals surface area (Å²) in [4.78, 5) is 0. The standard InChI is InChI=1S/C15H14ClF2NO/c1-9(19-2)12-5-4-11(8-13(12)16)20-15-7-10(17)3-6-14(15)18/h3-9,19H,1-2H3. The van der Waals surface area contributed by atoms with E-state index >= 15 is 0 Å². The Morgan fingerprint density at radius 3 is 2.55 bits per heavy atom. The van der Waals surface area contributed by atoms with Gasteiger partial charge in [-0.15, -0.1) is 0 Å². The predicted molar refractivity (Wildman–Crippen MR) is 75.4 cm³/mol. The van der Waals surface area contributed by atoms with Gasteiger partial charge in [-0.2, -0.15) is 0 Å². The van der Waals surface area contributed by atoms with Gasteiger partial charge in [0.2, 0.25) is 0 Å². The molecule has 0 amide bonds. The monoisotopic (exact) mass is 297 g/mol. The first kappa shape index (κ1) is 14.8. The van der Waals surface area contributed by atoms with Crippen LogP contribution in [0.1, 0.15) is 18.5 Å². The lowest BCUT2D eigenvalue weighted by atomic mass is 10.1. The molecule has 1 N–H and O–H groups in total. The highest BCUT2D eigenvalue weighted by Gasteiger charge is 2.11. The van der Waals surface area contributed by atoms with Crippen molar-refractivity contribution < 1.29 is 13.5 Å². The molecular weight excluding hydrogens is 284 g/mol. The van der Waals surface area contributed by atoms with Gasteiger partial charge in [-0.05, 0) is 43.8 Å². The van der Waals surface area contributed by atoms with E-state index in [0.717, 1.165) is 23.8 Å². The van der Waals surface area contributed by atoms with Crippen molar-refractivity contribution in [1.82, 2.24) is 5.32 Å². The van der Waals surface area contributed by atoms with Gasteiger partial charge in [-0.25, -0.2) is 8.78 Å². The van der Waals surface area contributed by atoms with Crippen LogP contribution in [0.5, 0.6) is 11.5 Å². The van der Waals surface area contributed by atoms with Crippen molar-refractivity contribution in [3.8, 4) is 11.5 Å². The summed E-state index contributed by atoms with van der Waals surface area (Å²) >= 11 is 6.15. The van der Waals surface area contributed by atoms with E-state index in [9.17, 15) is 8.78 Å². The van der Waals surface area contributed by atoms with Gasteiger partial charge in [-0.3, -0.25) is 0 Å². The third-order valence-corrected chi connectivity index (χ3v) is 3.32. The number of halogens is 3. The smallest absolute Gasteiger partial charge is 0.165 e. The molecule has 2 nitrogen and oxygen atoms in total. The highest BCUT2D eigenvalue weighted by Crippen LogP contribution is 2.31. The van der Waals surface area contributed by atoms with Crippen LogP contribution in [-0.4, -0.2) is 7.05 Å². The number of hydrogen-bond donors (Lipinski definition) is 1. The topological polar surface area (TPSA) is 21.3 Å². The van der Waals surface area contributed by atoms with Crippen molar-refractivity contribution in [3.05, 3.63) is 58.6 Å². The van der Waals surface area contributed by atoms with E-state index in [1.807, 2.05) is 14.0 Å². The third kappa shape index (κ3) is 3.26. The fourth-order valence-electron chi connectivity index (χ4n) is 1.76. The fraction of sp³-hybridized carbons (Fsp3) is 0.200. The largest absolute Gasteiger partial charge is 0.454 e. The number of rotatable bonds is 4.